The summed E-state index contributed by atoms with van der Waals surface area (Å²) in [5, 5.41) is 13.1. The zero-order chi connectivity index (χ0) is 24.8. The van der Waals surface area contributed by atoms with Crippen LogP contribution in [0.5, 0.6) is 5.75 Å². The van der Waals surface area contributed by atoms with Crippen LogP contribution in [0.2, 0.25) is 0 Å². The summed E-state index contributed by atoms with van der Waals surface area (Å²) < 4.78 is 5.31. The summed E-state index contributed by atoms with van der Waals surface area (Å²) in [4.78, 5) is 48.5. The van der Waals surface area contributed by atoms with E-state index in [1.54, 1.807) is 6.07 Å². The number of benzene rings is 1. The molecule has 1 atom stereocenters. The standard InChI is InChI=1S/C26H28N4O5/c1-16(18-11-6-3-7-12-18)27-24(32)21-22(31)25(33)30-23(29-21)19-13-8-14-20(28-19)26(34)35-15-17-9-4-2-5-10-17/h2,4-5,8-10,13-14,16,18,31H,3,6-7,11-12,15H2,1H3,(H,27,32)(H,29,30,33)/t16-/m1/s1. The molecule has 3 aromatic rings. The molecule has 0 unspecified atom stereocenters. The van der Waals surface area contributed by atoms with Gasteiger partial charge in [0, 0.05) is 6.04 Å². The first-order chi connectivity index (χ1) is 16.9. The molecular formula is C26H28N4O5. The highest BCUT2D eigenvalue weighted by Gasteiger charge is 2.25. The summed E-state index contributed by atoms with van der Waals surface area (Å²) in [5.41, 5.74) is -0.244. The molecule has 9 nitrogen and oxygen atoms in total. The molecule has 9 heteroatoms. The van der Waals surface area contributed by atoms with Crippen molar-refractivity contribution in [3.63, 3.8) is 0 Å². The van der Waals surface area contributed by atoms with Crippen molar-refractivity contribution in [2.75, 3.05) is 0 Å². The smallest absolute Gasteiger partial charge is 0.357 e. The fraction of sp³-hybridized carbons (Fsp3) is 0.346. The Balaban J connectivity index is 1.52. The number of H-pyrrole nitrogens is 1. The second-order valence-corrected chi connectivity index (χ2v) is 8.74. The van der Waals surface area contributed by atoms with Gasteiger partial charge in [-0.25, -0.2) is 14.8 Å². The quantitative estimate of drug-likeness (QED) is 0.444. The Labute approximate surface area is 202 Å². The molecule has 0 spiro atoms. The minimum absolute atomic E-state index is 0.0195. The van der Waals surface area contributed by atoms with E-state index in [9.17, 15) is 19.5 Å². The van der Waals surface area contributed by atoms with Gasteiger partial charge in [-0.3, -0.25) is 9.59 Å². The van der Waals surface area contributed by atoms with Gasteiger partial charge in [0.15, 0.2) is 11.5 Å². The number of nitrogens with one attached hydrogen (secondary N) is 2. The van der Waals surface area contributed by atoms with E-state index < -0.39 is 23.2 Å². The average Bonchev–Trinajstić information content (AvgIpc) is 2.89. The van der Waals surface area contributed by atoms with Gasteiger partial charge in [0.1, 0.15) is 18.0 Å². The highest BCUT2D eigenvalue weighted by molar-refractivity contribution is 5.95. The third-order valence-corrected chi connectivity index (χ3v) is 6.24. The molecule has 1 amide bonds. The number of hydrogen-bond acceptors (Lipinski definition) is 7. The van der Waals surface area contributed by atoms with E-state index in [0.717, 1.165) is 31.2 Å². The van der Waals surface area contributed by atoms with E-state index in [0.29, 0.717) is 5.92 Å². The van der Waals surface area contributed by atoms with Crippen molar-refractivity contribution in [2.45, 2.75) is 51.7 Å². The molecule has 4 rings (SSSR count). The van der Waals surface area contributed by atoms with Gasteiger partial charge < -0.3 is 20.1 Å². The summed E-state index contributed by atoms with van der Waals surface area (Å²) in [6.07, 6.45) is 5.50. The van der Waals surface area contributed by atoms with E-state index in [1.165, 1.54) is 18.6 Å². The number of hydrogen-bond donors (Lipinski definition) is 3. The van der Waals surface area contributed by atoms with Gasteiger partial charge in [0.25, 0.3) is 11.5 Å². The Morgan fingerprint density at radius 1 is 1.09 bits per heavy atom. The van der Waals surface area contributed by atoms with Gasteiger partial charge in [-0.1, -0.05) is 55.7 Å². The maximum Gasteiger partial charge on any atom is 0.357 e. The Bertz CT molecular complexity index is 1250. The van der Waals surface area contributed by atoms with Gasteiger partial charge >= 0.3 is 5.97 Å². The summed E-state index contributed by atoms with van der Waals surface area (Å²) in [6, 6.07) is 13.7. The normalized spacial score (nSPS) is 14.8. The number of esters is 1. The van der Waals surface area contributed by atoms with Crippen LogP contribution in [0.25, 0.3) is 11.5 Å². The number of pyridine rings is 1. The van der Waals surface area contributed by atoms with Crippen LogP contribution in [0.15, 0.2) is 53.3 Å². The lowest BCUT2D eigenvalue weighted by molar-refractivity contribution is 0.0465. The van der Waals surface area contributed by atoms with E-state index in [4.69, 9.17) is 4.74 Å². The monoisotopic (exact) mass is 476 g/mol. The summed E-state index contributed by atoms with van der Waals surface area (Å²) >= 11 is 0. The Kier molecular flexibility index (Phi) is 7.54. The molecule has 1 saturated carbocycles. The minimum Gasteiger partial charge on any atom is -0.501 e. The average molecular weight is 477 g/mol. The third-order valence-electron chi connectivity index (χ3n) is 6.24. The van der Waals surface area contributed by atoms with Crippen LogP contribution in [-0.2, 0) is 11.3 Å². The molecule has 1 fully saturated rings. The molecule has 0 bridgehead atoms. The predicted molar refractivity (Wildman–Crippen MR) is 129 cm³/mol. The third kappa shape index (κ3) is 5.92. The minimum atomic E-state index is -0.871. The molecule has 182 valence electrons. The molecule has 2 aromatic heterocycles. The first kappa shape index (κ1) is 24.1. The summed E-state index contributed by atoms with van der Waals surface area (Å²) in [6.45, 7) is 2.01. The van der Waals surface area contributed by atoms with Crippen LogP contribution in [0.4, 0.5) is 0 Å². The number of ether oxygens (including phenoxy) is 1. The van der Waals surface area contributed by atoms with Crippen LogP contribution in [0.3, 0.4) is 0 Å². The fourth-order valence-corrected chi connectivity index (χ4v) is 4.25. The maximum atomic E-state index is 12.9. The summed E-state index contributed by atoms with van der Waals surface area (Å²) in [5.74, 6) is -1.74. The van der Waals surface area contributed by atoms with Crippen molar-refractivity contribution in [3.8, 4) is 17.3 Å². The van der Waals surface area contributed by atoms with Gasteiger partial charge in [0.2, 0.25) is 5.75 Å². The van der Waals surface area contributed by atoms with E-state index in [2.05, 4.69) is 20.3 Å². The molecular weight excluding hydrogens is 448 g/mol. The second-order valence-electron chi connectivity index (χ2n) is 8.74. The molecule has 1 aliphatic rings. The molecule has 35 heavy (non-hydrogen) atoms. The molecule has 0 saturated heterocycles. The lowest BCUT2D eigenvalue weighted by Crippen LogP contribution is -2.39. The highest BCUT2D eigenvalue weighted by atomic mass is 16.5. The zero-order valence-corrected chi connectivity index (χ0v) is 19.5. The molecule has 3 N–H and O–H groups in total. The van der Waals surface area contributed by atoms with Crippen molar-refractivity contribution in [1.82, 2.24) is 20.3 Å². The topological polar surface area (TPSA) is 134 Å². The van der Waals surface area contributed by atoms with E-state index >= 15 is 0 Å². The molecule has 0 radical (unpaired) electrons. The number of nitrogens with zero attached hydrogens (tertiary/aromatic N) is 2. The maximum absolute atomic E-state index is 12.9. The Hall–Kier alpha value is -4.01. The van der Waals surface area contributed by atoms with Crippen molar-refractivity contribution < 1.29 is 19.4 Å². The van der Waals surface area contributed by atoms with Crippen LogP contribution < -0.4 is 10.9 Å². The molecule has 1 aromatic carbocycles. The van der Waals surface area contributed by atoms with Crippen molar-refractivity contribution in [2.24, 2.45) is 5.92 Å². The number of aromatic hydroxyl groups is 1. The van der Waals surface area contributed by atoms with E-state index in [-0.39, 0.29) is 35.6 Å². The Morgan fingerprint density at radius 2 is 1.83 bits per heavy atom. The van der Waals surface area contributed by atoms with Crippen LogP contribution in [-0.4, -0.2) is 38.0 Å². The fourth-order valence-electron chi connectivity index (χ4n) is 4.25. The van der Waals surface area contributed by atoms with E-state index in [1.807, 2.05) is 37.3 Å². The number of carbonyl (C=O) groups is 2. The zero-order valence-electron chi connectivity index (χ0n) is 19.5. The lowest BCUT2D eigenvalue weighted by Gasteiger charge is -2.28. The molecule has 1 aliphatic carbocycles. The van der Waals surface area contributed by atoms with Crippen LogP contribution in [0, 0.1) is 5.92 Å². The second kappa shape index (κ2) is 10.9. The van der Waals surface area contributed by atoms with Crippen LogP contribution >= 0.6 is 0 Å². The SMILES string of the molecule is C[C@@H](NC(=O)c1nc(-c2cccc(C(=O)OCc3ccccc3)n2)[nH]c(=O)c1O)C1CCCCC1. The van der Waals surface area contributed by atoms with Crippen molar-refractivity contribution in [3.05, 3.63) is 75.8 Å². The summed E-state index contributed by atoms with van der Waals surface area (Å²) in [7, 11) is 0. The number of amides is 1. The number of rotatable bonds is 7. The lowest BCUT2D eigenvalue weighted by atomic mass is 9.84. The Morgan fingerprint density at radius 3 is 2.57 bits per heavy atom. The van der Waals surface area contributed by atoms with Gasteiger partial charge in [-0.2, -0.15) is 0 Å². The predicted octanol–water partition coefficient (Wildman–Crippen LogP) is 3.59. The first-order valence-electron chi connectivity index (χ1n) is 11.7. The molecule has 0 aliphatic heterocycles. The van der Waals surface area contributed by atoms with Crippen molar-refractivity contribution >= 4 is 11.9 Å². The number of carbonyl (C=O) groups excluding carboxylic acids is 2. The number of aromatic amines is 1. The molecule has 2 heterocycles. The highest BCUT2D eigenvalue weighted by Crippen LogP contribution is 2.26. The van der Waals surface area contributed by atoms with Gasteiger partial charge in [-0.15, -0.1) is 0 Å². The van der Waals surface area contributed by atoms with Crippen molar-refractivity contribution in [1.29, 1.82) is 0 Å². The number of aromatic nitrogens is 3. The van der Waals surface area contributed by atoms with Gasteiger partial charge in [-0.05, 0) is 43.4 Å². The first-order valence-corrected chi connectivity index (χ1v) is 11.7. The van der Waals surface area contributed by atoms with Gasteiger partial charge in [0.05, 0.1) is 0 Å². The largest absolute Gasteiger partial charge is 0.501 e. The van der Waals surface area contributed by atoms with Crippen LogP contribution in [0.1, 0.15) is 65.6 Å².